The summed E-state index contributed by atoms with van der Waals surface area (Å²) in [7, 11) is 0. The van der Waals surface area contributed by atoms with Crippen LogP contribution in [0.25, 0.3) is 17.0 Å². The number of carbonyl (C=O) groups is 1. The van der Waals surface area contributed by atoms with Gasteiger partial charge in [0.15, 0.2) is 0 Å². The van der Waals surface area contributed by atoms with E-state index in [1.54, 1.807) is 28.8 Å². The van der Waals surface area contributed by atoms with E-state index in [1.807, 2.05) is 44.4 Å². The third kappa shape index (κ3) is 4.20. The summed E-state index contributed by atoms with van der Waals surface area (Å²) in [5.74, 6) is 0.464. The highest BCUT2D eigenvalue weighted by molar-refractivity contribution is 7.98. The molecular formula is C23H23FN4O2S. The zero-order valence-electron chi connectivity index (χ0n) is 17.6. The number of thioether (sulfide) groups is 1. The van der Waals surface area contributed by atoms with E-state index in [9.17, 15) is 9.18 Å². The van der Waals surface area contributed by atoms with Crippen LogP contribution in [0.4, 0.5) is 9.18 Å². The van der Waals surface area contributed by atoms with Crippen molar-refractivity contribution in [1.82, 2.24) is 20.4 Å². The number of benzene rings is 2. The number of hydrogen-bond acceptors (Lipinski definition) is 5. The molecule has 4 rings (SSSR count). The van der Waals surface area contributed by atoms with Crippen LogP contribution in [0.3, 0.4) is 0 Å². The van der Waals surface area contributed by atoms with Crippen LogP contribution in [0.1, 0.15) is 37.8 Å². The van der Waals surface area contributed by atoms with E-state index >= 15 is 0 Å². The zero-order valence-corrected chi connectivity index (χ0v) is 18.4. The van der Waals surface area contributed by atoms with Gasteiger partial charge in [0.1, 0.15) is 5.82 Å². The average molecular weight is 439 g/mol. The van der Waals surface area contributed by atoms with E-state index in [4.69, 9.17) is 4.52 Å². The first-order valence-corrected chi connectivity index (χ1v) is 11.3. The minimum atomic E-state index is -0.520. The summed E-state index contributed by atoms with van der Waals surface area (Å²) in [6.45, 7) is 4.45. The standard InChI is InChI=1S/C23H23FN4O2S/c1-4-13-28-14(2)19(20(25-23(28)29)15-5-9-17(24)10-6-15)22-26-21(27-30-22)16-7-11-18(31-3)12-8-16/h5-12,20H,4,13H2,1-3H3,(H,25,29). The van der Waals surface area contributed by atoms with Crippen LogP contribution in [-0.4, -0.2) is 33.9 Å². The molecule has 0 spiro atoms. The second kappa shape index (κ2) is 8.93. The molecule has 1 N–H and O–H groups in total. The van der Waals surface area contributed by atoms with Gasteiger partial charge in [-0.25, -0.2) is 9.18 Å². The highest BCUT2D eigenvalue weighted by Gasteiger charge is 2.35. The lowest BCUT2D eigenvalue weighted by Gasteiger charge is -2.35. The van der Waals surface area contributed by atoms with Gasteiger partial charge in [0.2, 0.25) is 5.82 Å². The molecule has 0 fully saturated rings. The predicted molar refractivity (Wildman–Crippen MR) is 119 cm³/mol. The van der Waals surface area contributed by atoms with Crippen LogP contribution < -0.4 is 5.32 Å². The number of halogens is 1. The second-order valence-electron chi connectivity index (χ2n) is 7.24. The number of nitrogens with one attached hydrogen (secondary N) is 1. The van der Waals surface area contributed by atoms with Crippen LogP contribution in [-0.2, 0) is 0 Å². The van der Waals surface area contributed by atoms with Crippen LogP contribution in [0.15, 0.2) is 63.6 Å². The Labute approximate surface area is 184 Å². The van der Waals surface area contributed by atoms with Gasteiger partial charge in [0.05, 0.1) is 11.6 Å². The molecule has 1 aliphatic heterocycles. The number of allylic oxidation sites excluding steroid dienone is 1. The molecule has 1 atom stereocenters. The van der Waals surface area contributed by atoms with E-state index in [2.05, 4.69) is 15.5 Å². The Morgan fingerprint density at radius 1 is 1.16 bits per heavy atom. The Morgan fingerprint density at radius 3 is 2.52 bits per heavy atom. The van der Waals surface area contributed by atoms with Crippen molar-refractivity contribution in [3.05, 3.63) is 71.5 Å². The van der Waals surface area contributed by atoms with Crippen molar-refractivity contribution in [2.24, 2.45) is 0 Å². The molecule has 1 aliphatic rings. The summed E-state index contributed by atoms with van der Waals surface area (Å²) in [5, 5.41) is 7.17. The first-order chi connectivity index (χ1) is 15.0. The van der Waals surface area contributed by atoms with Gasteiger partial charge in [-0.1, -0.05) is 24.2 Å². The number of nitrogens with zero attached hydrogens (tertiary/aromatic N) is 3. The number of aromatic nitrogens is 2. The van der Waals surface area contributed by atoms with E-state index in [-0.39, 0.29) is 11.8 Å². The summed E-state index contributed by atoms with van der Waals surface area (Å²) in [5.41, 5.74) is 3.03. The molecule has 160 valence electrons. The number of hydrogen-bond donors (Lipinski definition) is 1. The molecule has 0 radical (unpaired) electrons. The topological polar surface area (TPSA) is 71.3 Å². The van der Waals surface area contributed by atoms with Crippen LogP contribution in [0.5, 0.6) is 0 Å². The second-order valence-corrected chi connectivity index (χ2v) is 8.12. The van der Waals surface area contributed by atoms with Crippen LogP contribution in [0, 0.1) is 5.82 Å². The van der Waals surface area contributed by atoms with Gasteiger partial charge in [0.25, 0.3) is 5.89 Å². The summed E-state index contributed by atoms with van der Waals surface area (Å²) in [4.78, 5) is 20.2. The van der Waals surface area contributed by atoms with E-state index < -0.39 is 6.04 Å². The fourth-order valence-corrected chi connectivity index (χ4v) is 4.05. The Hall–Kier alpha value is -3.13. The molecule has 6 nitrogen and oxygen atoms in total. The molecule has 31 heavy (non-hydrogen) atoms. The lowest BCUT2D eigenvalue weighted by Crippen LogP contribution is -2.46. The Bertz CT molecular complexity index is 1110. The number of urea groups is 1. The first kappa shape index (κ1) is 21.1. The molecule has 2 aromatic carbocycles. The maximum atomic E-state index is 13.5. The molecule has 2 heterocycles. The maximum Gasteiger partial charge on any atom is 0.322 e. The molecule has 0 saturated heterocycles. The van der Waals surface area contributed by atoms with Crippen molar-refractivity contribution in [3.63, 3.8) is 0 Å². The molecular weight excluding hydrogens is 415 g/mol. The van der Waals surface area contributed by atoms with Gasteiger partial charge in [-0.15, -0.1) is 11.8 Å². The quantitative estimate of drug-likeness (QED) is 0.514. The van der Waals surface area contributed by atoms with Gasteiger partial charge >= 0.3 is 6.03 Å². The number of carbonyl (C=O) groups excluding carboxylic acids is 1. The van der Waals surface area contributed by atoms with Crippen molar-refractivity contribution < 1.29 is 13.7 Å². The first-order valence-electron chi connectivity index (χ1n) is 10.0. The lowest BCUT2D eigenvalue weighted by molar-refractivity contribution is 0.205. The molecule has 0 aliphatic carbocycles. The Morgan fingerprint density at radius 2 is 1.87 bits per heavy atom. The smallest absolute Gasteiger partial charge is 0.322 e. The minimum Gasteiger partial charge on any atom is -0.334 e. The third-order valence-electron chi connectivity index (χ3n) is 5.25. The molecule has 1 aromatic heterocycles. The maximum absolute atomic E-state index is 13.5. The van der Waals surface area contributed by atoms with E-state index in [1.165, 1.54) is 12.1 Å². The highest BCUT2D eigenvalue weighted by Crippen LogP contribution is 2.37. The van der Waals surface area contributed by atoms with Crippen LogP contribution >= 0.6 is 11.8 Å². The van der Waals surface area contributed by atoms with Gasteiger partial charge in [0, 0.05) is 22.7 Å². The fraction of sp³-hybridized carbons (Fsp3) is 0.261. The van der Waals surface area contributed by atoms with Gasteiger partial charge in [-0.05, 0) is 61.6 Å². The van der Waals surface area contributed by atoms with Crippen molar-refractivity contribution in [1.29, 1.82) is 0 Å². The fourth-order valence-electron chi connectivity index (χ4n) is 3.65. The molecule has 0 bridgehead atoms. The monoisotopic (exact) mass is 438 g/mol. The Kier molecular flexibility index (Phi) is 6.08. The molecule has 3 aromatic rings. The largest absolute Gasteiger partial charge is 0.334 e. The molecule has 8 heteroatoms. The lowest BCUT2D eigenvalue weighted by atomic mass is 9.94. The van der Waals surface area contributed by atoms with E-state index in [0.29, 0.717) is 23.8 Å². The molecule has 2 amide bonds. The summed E-state index contributed by atoms with van der Waals surface area (Å²) in [6.07, 6.45) is 2.82. The SMILES string of the molecule is CCCN1C(=O)NC(c2ccc(F)cc2)C(c2nc(-c3ccc(SC)cc3)no2)=C1C. The molecule has 1 unspecified atom stereocenters. The van der Waals surface area contributed by atoms with E-state index in [0.717, 1.165) is 28.1 Å². The van der Waals surface area contributed by atoms with Crippen molar-refractivity contribution in [2.75, 3.05) is 12.8 Å². The summed E-state index contributed by atoms with van der Waals surface area (Å²) < 4.78 is 19.1. The predicted octanol–water partition coefficient (Wildman–Crippen LogP) is 5.51. The van der Waals surface area contributed by atoms with Crippen molar-refractivity contribution in [2.45, 2.75) is 31.2 Å². The Balaban J connectivity index is 1.78. The normalized spacial score (nSPS) is 16.6. The van der Waals surface area contributed by atoms with Crippen molar-refractivity contribution in [3.8, 4) is 11.4 Å². The zero-order chi connectivity index (χ0) is 22.0. The van der Waals surface area contributed by atoms with Crippen LogP contribution in [0.2, 0.25) is 0 Å². The van der Waals surface area contributed by atoms with Gasteiger partial charge in [-0.3, -0.25) is 4.90 Å². The molecule has 0 saturated carbocycles. The third-order valence-corrected chi connectivity index (χ3v) is 6.00. The summed E-state index contributed by atoms with van der Waals surface area (Å²) in [6, 6.07) is 13.2. The average Bonchev–Trinajstić information content (AvgIpc) is 3.26. The van der Waals surface area contributed by atoms with Gasteiger partial charge in [-0.2, -0.15) is 4.98 Å². The van der Waals surface area contributed by atoms with Crippen molar-refractivity contribution >= 4 is 23.4 Å². The van der Waals surface area contributed by atoms with Gasteiger partial charge < -0.3 is 9.84 Å². The highest BCUT2D eigenvalue weighted by atomic mass is 32.2. The number of rotatable bonds is 6. The summed E-state index contributed by atoms with van der Waals surface area (Å²) >= 11 is 1.66. The number of amides is 2. The minimum absolute atomic E-state index is 0.204.